The highest BCUT2D eigenvalue weighted by Gasteiger charge is 2.30. The average molecular weight is 1380 g/mol. The molecule has 6 atom stereocenters. The van der Waals surface area contributed by atoms with Crippen molar-refractivity contribution in [2.75, 3.05) is 39.6 Å². The van der Waals surface area contributed by atoms with Crippen LogP contribution in [0.1, 0.15) is 376 Å². The second kappa shape index (κ2) is 64.4. The maximum Gasteiger partial charge on any atom is 0.472 e. The van der Waals surface area contributed by atoms with Crippen molar-refractivity contribution < 1.29 is 80.2 Å². The minimum Gasteiger partial charge on any atom is -0.462 e. The molecular formula is C75H146O17P2. The summed E-state index contributed by atoms with van der Waals surface area (Å²) < 4.78 is 68.4. The highest BCUT2D eigenvalue weighted by molar-refractivity contribution is 7.47. The Labute approximate surface area is 575 Å². The summed E-state index contributed by atoms with van der Waals surface area (Å²) in [5.74, 6) is 0.888. The molecule has 0 aliphatic carbocycles. The summed E-state index contributed by atoms with van der Waals surface area (Å²) in [6, 6.07) is 0. The molecule has 0 bridgehead atoms. The van der Waals surface area contributed by atoms with Crippen LogP contribution in [0, 0.1) is 23.7 Å². The first kappa shape index (κ1) is 92.1. The van der Waals surface area contributed by atoms with E-state index in [0.717, 1.165) is 114 Å². The Morgan fingerprint density at radius 2 is 0.511 bits per heavy atom. The Kier molecular flexibility index (Phi) is 63.1. The van der Waals surface area contributed by atoms with Gasteiger partial charge in [0.15, 0.2) is 12.2 Å². The zero-order chi connectivity index (χ0) is 69.6. The summed E-state index contributed by atoms with van der Waals surface area (Å²) in [6.07, 6.45) is 48.8. The molecule has 0 aromatic rings. The first-order valence-electron chi connectivity index (χ1n) is 38.7. The van der Waals surface area contributed by atoms with Gasteiger partial charge >= 0.3 is 39.5 Å². The first-order valence-corrected chi connectivity index (χ1v) is 41.7. The molecule has 0 aromatic heterocycles. The number of unbranched alkanes of at least 4 members (excludes halogenated alkanes) is 37. The van der Waals surface area contributed by atoms with Crippen LogP contribution in [0.25, 0.3) is 0 Å². The number of carbonyl (C=O) groups is 4. The molecule has 4 unspecified atom stereocenters. The Balaban J connectivity index is 5.17. The Bertz CT molecular complexity index is 1850. The van der Waals surface area contributed by atoms with Crippen LogP contribution < -0.4 is 0 Å². The van der Waals surface area contributed by atoms with Crippen LogP contribution in [0.15, 0.2) is 0 Å². The maximum absolute atomic E-state index is 13.0. The zero-order valence-corrected chi connectivity index (χ0v) is 63.4. The monoisotopic (exact) mass is 1380 g/mol. The average Bonchev–Trinajstić information content (AvgIpc) is 3.72. The van der Waals surface area contributed by atoms with E-state index in [4.69, 9.17) is 37.0 Å². The van der Waals surface area contributed by atoms with Crippen molar-refractivity contribution in [3.05, 3.63) is 0 Å². The van der Waals surface area contributed by atoms with Crippen LogP contribution in [0.5, 0.6) is 0 Å². The SMILES string of the molecule is CCC(C)CCCCCCCCCCC(=O)OC[C@H](COP(=O)(O)OCC(O)COP(=O)(O)OC[C@@H](COC(=O)CCCCCCCCC(C)C)OC(=O)CCCCCCCCCCCCCCCCCCCCC(C)C)OC(=O)CCCCCCCCCCCC(C)C. The van der Waals surface area contributed by atoms with E-state index in [-0.39, 0.29) is 25.7 Å². The van der Waals surface area contributed by atoms with Gasteiger partial charge in [0.1, 0.15) is 19.3 Å². The van der Waals surface area contributed by atoms with Crippen molar-refractivity contribution in [3.63, 3.8) is 0 Å². The topological polar surface area (TPSA) is 237 Å². The second-order valence-electron chi connectivity index (χ2n) is 28.7. The number of hydrogen-bond acceptors (Lipinski definition) is 15. The van der Waals surface area contributed by atoms with E-state index < -0.39 is 97.5 Å². The highest BCUT2D eigenvalue weighted by Crippen LogP contribution is 2.45. The molecule has 0 heterocycles. The van der Waals surface area contributed by atoms with E-state index in [1.165, 1.54) is 173 Å². The second-order valence-corrected chi connectivity index (χ2v) is 31.6. The highest BCUT2D eigenvalue weighted by atomic mass is 31.2. The quantitative estimate of drug-likeness (QED) is 0.0222. The lowest BCUT2D eigenvalue weighted by atomic mass is 9.99. The van der Waals surface area contributed by atoms with Gasteiger partial charge in [-0.3, -0.25) is 37.3 Å². The summed E-state index contributed by atoms with van der Waals surface area (Å²) in [6.45, 7) is 14.1. The summed E-state index contributed by atoms with van der Waals surface area (Å²) in [7, 11) is -9.91. The van der Waals surface area contributed by atoms with Crippen LogP contribution >= 0.6 is 15.6 Å². The third-order valence-electron chi connectivity index (χ3n) is 17.7. The minimum atomic E-state index is -4.96. The van der Waals surface area contributed by atoms with E-state index in [0.29, 0.717) is 31.6 Å². The fraction of sp³-hybridized carbons (Fsp3) is 0.947. The van der Waals surface area contributed by atoms with Crippen LogP contribution in [0.3, 0.4) is 0 Å². The molecule has 0 aliphatic rings. The lowest BCUT2D eigenvalue weighted by Gasteiger charge is -2.21. The number of rotatable bonds is 72. The third kappa shape index (κ3) is 67.3. The standard InChI is InChI=1S/C75H146O17P2/c1-9-68(8)54-46-38-29-25-26-30-39-47-55-72(77)85-61-70(91-75(80)58-50-42-32-24-20-22-28-36-44-52-66(4)5)63-89-93(81,82)87-59-69(76)60-88-94(83,84)90-64-71(62-86-73(78)56-48-40-34-33-37-45-53-67(6)7)92-74(79)57-49-41-31-23-19-17-15-13-11-10-12-14-16-18-21-27-35-43-51-65(2)3/h65-71,76H,9-64H2,1-8H3,(H,81,82)(H,83,84)/t68?,69?,70-,71-/m1/s1. The molecule has 94 heavy (non-hydrogen) atoms. The van der Waals surface area contributed by atoms with Gasteiger partial charge in [-0.1, -0.05) is 325 Å². The van der Waals surface area contributed by atoms with Gasteiger partial charge < -0.3 is 33.8 Å². The summed E-state index contributed by atoms with van der Waals surface area (Å²) >= 11 is 0. The smallest absolute Gasteiger partial charge is 0.462 e. The number of ether oxygens (including phenoxy) is 4. The van der Waals surface area contributed by atoms with Gasteiger partial charge in [0, 0.05) is 25.7 Å². The minimum absolute atomic E-state index is 0.104. The summed E-state index contributed by atoms with van der Waals surface area (Å²) in [5.41, 5.74) is 0. The third-order valence-corrected chi connectivity index (χ3v) is 19.6. The Hall–Kier alpha value is -1.94. The number of hydrogen-bond donors (Lipinski definition) is 3. The fourth-order valence-electron chi connectivity index (χ4n) is 11.3. The number of esters is 4. The molecule has 19 heteroatoms. The molecular weight excluding hydrogens is 1230 g/mol. The van der Waals surface area contributed by atoms with Gasteiger partial charge in [-0.2, -0.15) is 0 Å². The van der Waals surface area contributed by atoms with Crippen LogP contribution in [-0.2, 0) is 65.4 Å². The largest absolute Gasteiger partial charge is 0.472 e. The van der Waals surface area contributed by atoms with Crippen molar-refractivity contribution in [1.29, 1.82) is 0 Å². The van der Waals surface area contributed by atoms with Crippen LogP contribution in [0.2, 0.25) is 0 Å². The molecule has 0 saturated heterocycles. The van der Waals surface area contributed by atoms with Gasteiger partial charge in [0.2, 0.25) is 0 Å². The molecule has 558 valence electrons. The van der Waals surface area contributed by atoms with Crippen molar-refractivity contribution in [3.8, 4) is 0 Å². The van der Waals surface area contributed by atoms with E-state index in [1.54, 1.807) is 0 Å². The zero-order valence-electron chi connectivity index (χ0n) is 61.6. The van der Waals surface area contributed by atoms with Gasteiger partial charge in [-0.05, 0) is 49.4 Å². The molecule has 0 rings (SSSR count). The normalized spacial score (nSPS) is 14.4. The van der Waals surface area contributed by atoms with E-state index >= 15 is 0 Å². The van der Waals surface area contributed by atoms with E-state index in [1.807, 2.05) is 0 Å². The van der Waals surface area contributed by atoms with Crippen LogP contribution in [0.4, 0.5) is 0 Å². The van der Waals surface area contributed by atoms with Gasteiger partial charge in [0.25, 0.3) is 0 Å². The number of aliphatic hydroxyl groups is 1. The summed E-state index contributed by atoms with van der Waals surface area (Å²) in [5, 5.41) is 10.6. The number of phosphoric ester groups is 2. The first-order chi connectivity index (χ1) is 45.1. The number of carbonyl (C=O) groups excluding carboxylic acids is 4. The van der Waals surface area contributed by atoms with Gasteiger partial charge in [-0.25, -0.2) is 9.13 Å². The molecule has 0 aliphatic heterocycles. The van der Waals surface area contributed by atoms with Crippen molar-refractivity contribution in [2.45, 2.75) is 395 Å². The molecule has 0 amide bonds. The van der Waals surface area contributed by atoms with E-state index in [2.05, 4.69) is 55.4 Å². The Morgan fingerprint density at radius 1 is 0.298 bits per heavy atom. The molecule has 0 radical (unpaired) electrons. The Morgan fingerprint density at radius 3 is 0.755 bits per heavy atom. The predicted molar refractivity (Wildman–Crippen MR) is 381 cm³/mol. The molecule has 17 nitrogen and oxygen atoms in total. The molecule has 0 aromatic carbocycles. The van der Waals surface area contributed by atoms with Crippen molar-refractivity contribution in [1.82, 2.24) is 0 Å². The number of phosphoric acid groups is 2. The predicted octanol–water partition coefficient (Wildman–Crippen LogP) is 21.7. The molecule has 0 fully saturated rings. The van der Waals surface area contributed by atoms with Crippen molar-refractivity contribution >= 4 is 39.5 Å². The van der Waals surface area contributed by atoms with Crippen LogP contribution in [-0.4, -0.2) is 96.7 Å². The lowest BCUT2D eigenvalue weighted by molar-refractivity contribution is -0.161. The van der Waals surface area contributed by atoms with E-state index in [9.17, 15) is 43.2 Å². The van der Waals surface area contributed by atoms with Gasteiger partial charge in [0.05, 0.1) is 26.4 Å². The maximum atomic E-state index is 13.0. The lowest BCUT2D eigenvalue weighted by Crippen LogP contribution is -2.30. The summed E-state index contributed by atoms with van der Waals surface area (Å²) in [4.78, 5) is 72.7. The fourth-order valence-corrected chi connectivity index (χ4v) is 12.9. The van der Waals surface area contributed by atoms with Gasteiger partial charge in [-0.15, -0.1) is 0 Å². The molecule has 0 saturated carbocycles. The number of aliphatic hydroxyl groups excluding tert-OH is 1. The molecule has 3 N–H and O–H groups in total. The van der Waals surface area contributed by atoms with Crippen molar-refractivity contribution in [2.24, 2.45) is 23.7 Å². The molecule has 0 spiro atoms.